The lowest BCUT2D eigenvalue weighted by atomic mass is 9.99. The molecule has 0 bridgehead atoms. The van der Waals surface area contributed by atoms with Gasteiger partial charge >= 0.3 is 0 Å². The summed E-state index contributed by atoms with van der Waals surface area (Å²) >= 11 is 1.36. The molecule has 1 heterocycles. The second-order valence-electron chi connectivity index (χ2n) is 4.63. The molecule has 1 aromatic heterocycles. The summed E-state index contributed by atoms with van der Waals surface area (Å²) in [7, 11) is 0. The average Bonchev–Trinajstić information content (AvgIpc) is 2.89. The highest BCUT2D eigenvalue weighted by Crippen LogP contribution is 2.15. The number of thiazole rings is 1. The summed E-state index contributed by atoms with van der Waals surface area (Å²) in [4.78, 5) is 27.7. The Morgan fingerprint density at radius 1 is 1.25 bits per heavy atom. The molecule has 0 spiro atoms. The molecule has 1 N–H and O–H groups in total. The number of anilines is 1. The van der Waals surface area contributed by atoms with Crippen molar-refractivity contribution in [1.29, 1.82) is 0 Å². The Labute approximate surface area is 121 Å². The number of carbonyl (C=O) groups excluding carboxylic acids is 2. The molecule has 1 amide bonds. The summed E-state index contributed by atoms with van der Waals surface area (Å²) in [5.74, 6) is -0.185. The Kier molecular flexibility index (Phi) is 4.63. The molecule has 1 aromatic carbocycles. The molecule has 104 valence electrons. The zero-order valence-corrected chi connectivity index (χ0v) is 12.3. The smallest absolute Gasteiger partial charge is 0.226 e. The molecule has 0 fully saturated rings. The van der Waals surface area contributed by atoms with E-state index in [1.807, 2.05) is 32.0 Å². The van der Waals surface area contributed by atoms with E-state index >= 15 is 0 Å². The highest BCUT2D eigenvalue weighted by Gasteiger charge is 2.12. The molecule has 0 saturated heterocycles. The number of amides is 1. The van der Waals surface area contributed by atoms with Crippen LogP contribution in [0, 0.1) is 13.8 Å². The number of ketones is 1. The Hall–Kier alpha value is -2.01. The zero-order valence-electron chi connectivity index (χ0n) is 11.5. The van der Waals surface area contributed by atoms with Crippen molar-refractivity contribution in [2.24, 2.45) is 0 Å². The van der Waals surface area contributed by atoms with Gasteiger partial charge in [0.2, 0.25) is 5.91 Å². The van der Waals surface area contributed by atoms with Crippen LogP contribution in [0.15, 0.2) is 29.8 Å². The van der Waals surface area contributed by atoms with E-state index in [2.05, 4.69) is 10.3 Å². The van der Waals surface area contributed by atoms with Gasteiger partial charge in [0.1, 0.15) is 0 Å². The number of Topliss-reactive ketones (excluding diaryl/α,β-unsaturated/α-hetero) is 1. The van der Waals surface area contributed by atoms with Crippen LogP contribution in [-0.2, 0) is 4.79 Å². The first-order valence-electron chi connectivity index (χ1n) is 6.36. The number of nitrogens with one attached hydrogen (secondary N) is 1. The summed E-state index contributed by atoms with van der Waals surface area (Å²) in [5.41, 5.74) is 2.77. The molecule has 5 heteroatoms. The van der Waals surface area contributed by atoms with E-state index in [4.69, 9.17) is 0 Å². The van der Waals surface area contributed by atoms with Gasteiger partial charge in [-0.05, 0) is 19.4 Å². The van der Waals surface area contributed by atoms with Crippen LogP contribution in [0.4, 0.5) is 5.13 Å². The fourth-order valence-corrected chi connectivity index (χ4v) is 2.50. The van der Waals surface area contributed by atoms with Crippen LogP contribution >= 0.6 is 11.3 Å². The van der Waals surface area contributed by atoms with Crippen molar-refractivity contribution in [3.05, 3.63) is 46.5 Å². The summed E-state index contributed by atoms with van der Waals surface area (Å²) < 4.78 is 0. The van der Waals surface area contributed by atoms with E-state index in [0.29, 0.717) is 10.7 Å². The van der Waals surface area contributed by atoms with Gasteiger partial charge in [-0.2, -0.15) is 0 Å². The van der Waals surface area contributed by atoms with Crippen molar-refractivity contribution in [3.63, 3.8) is 0 Å². The third-order valence-corrected chi connectivity index (χ3v) is 3.63. The zero-order chi connectivity index (χ0) is 14.5. The van der Waals surface area contributed by atoms with Crippen molar-refractivity contribution >= 4 is 28.2 Å². The Balaban J connectivity index is 1.90. The van der Waals surface area contributed by atoms with E-state index in [-0.39, 0.29) is 24.5 Å². The van der Waals surface area contributed by atoms with E-state index in [9.17, 15) is 9.59 Å². The minimum atomic E-state index is -0.182. The first-order valence-corrected chi connectivity index (χ1v) is 7.24. The number of benzene rings is 1. The Morgan fingerprint density at radius 3 is 2.70 bits per heavy atom. The molecule has 0 aliphatic rings. The van der Waals surface area contributed by atoms with Crippen molar-refractivity contribution in [2.75, 3.05) is 5.32 Å². The van der Waals surface area contributed by atoms with Gasteiger partial charge in [0, 0.05) is 30.0 Å². The average molecular weight is 288 g/mol. The van der Waals surface area contributed by atoms with Crippen LogP contribution in [0.25, 0.3) is 0 Å². The first-order chi connectivity index (χ1) is 9.56. The minimum Gasteiger partial charge on any atom is -0.302 e. The predicted octanol–water partition coefficient (Wildman–Crippen LogP) is 3.36. The maximum Gasteiger partial charge on any atom is 0.226 e. The number of aromatic nitrogens is 1. The largest absolute Gasteiger partial charge is 0.302 e. The number of hydrogen-bond donors (Lipinski definition) is 1. The van der Waals surface area contributed by atoms with Gasteiger partial charge in [-0.3, -0.25) is 9.59 Å². The molecule has 0 unspecified atom stereocenters. The van der Waals surface area contributed by atoms with Crippen LogP contribution < -0.4 is 5.32 Å². The topological polar surface area (TPSA) is 59.1 Å². The minimum absolute atomic E-state index is 0.00297. The van der Waals surface area contributed by atoms with E-state index in [0.717, 1.165) is 11.1 Å². The second-order valence-corrected chi connectivity index (χ2v) is 5.52. The van der Waals surface area contributed by atoms with Crippen LogP contribution in [0.5, 0.6) is 0 Å². The maximum atomic E-state index is 12.1. The number of aryl methyl sites for hydroxylation is 2. The normalized spacial score (nSPS) is 10.3. The summed E-state index contributed by atoms with van der Waals surface area (Å²) in [6, 6.07) is 5.71. The number of hydrogen-bond acceptors (Lipinski definition) is 4. The highest BCUT2D eigenvalue weighted by atomic mass is 32.1. The van der Waals surface area contributed by atoms with Gasteiger partial charge in [-0.1, -0.05) is 23.8 Å². The van der Waals surface area contributed by atoms with Gasteiger partial charge in [0.15, 0.2) is 10.9 Å². The highest BCUT2D eigenvalue weighted by molar-refractivity contribution is 7.13. The quantitative estimate of drug-likeness (QED) is 0.858. The standard InChI is InChI=1S/C15H16N2O2S/c1-10-3-4-12(11(2)9-10)13(18)5-6-14(19)17-15-16-7-8-20-15/h3-4,7-9H,5-6H2,1-2H3,(H,16,17,19). The number of nitrogens with zero attached hydrogens (tertiary/aromatic N) is 1. The SMILES string of the molecule is Cc1ccc(C(=O)CCC(=O)Nc2nccs2)c(C)c1. The van der Waals surface area contributed by atoms with Gasteiger partial charge in [-0.25, -0.2) is 4.98 Å². The second kappa shape index (κ2) is 6.43. The van der Waals surface area contributed by atoms with Crippen molar-refractivity contribution in [1.82, 2.24) is 4.98 Å². The maximum absolute atomic E-state index is 12.1. The van der Waals surface area contributed by atoms with Gasteiger partial charge in [0.05, 0.1) is 0 Å². The molecular formula is C15H16N2O2S. The first kappa shape index (κ1) is 14.4. The molecule has 20 heavy (non-hydrogen) atoms. The van der Waals surface area contributed by atoms with Crippen LogP contribution in [0.1, 0.15) is 34.3 Å². The molecule has 0 aliphatic carbocycles. The number of carbonyl (C=O) groups is 2. The monoisotopic (exact) mass is 288 g/mol. The van der Waals surface area contributed by atoms with Crippen LogP contribution in [0.2, 0.25) is 0 Å². The van der Waals surface area contributed by atoms with Crippen LogP contribution in [0.3, 0.4) is 0 Å². The lowest BCUT2D eigenvalue weighted by molar-refractivity contribution is -0.116. The van der Waals surface area contributed by atoms with Crippen LogP contribution in [-0.4, -0.2) is 16.7 Å². The molecule has 0 radical (unpaired) electrons. The van der Waals surface area contributed by atoms with Crippen molar-refractivity contribution in [3.8, 4) is 0 Å². The lowest BCUT2D eigenvalue weighted by Gasteiger charge is -2.06. The Bertz CT molecular complexity index is 621. The molecular weight excluding hydrogens is 272 g/mol. The molecule has 0 saturated carbocycles. The summed E-state index contributed by atoms with van der Waals surface area (Å²) in [5, 5.41) is 5.02. The fraction of sp³-hybridized carbons (Fsp3) is 0.267. The van der Waals surface area contributed by atoms with E-state index < -0.39 is 0 Å². The Morgan fingerprint density at radius 2 is 2.05 bits per heavy atom. The molecule has 4 nitrogen and oxygen atoms in total. The number of rotatable bonds is 5. The lowest BCUT2D eigenvalue weighted by Crippen LogP contribution is -2.13. The molecule has 0 aliphatic heterocycles. The van der Waals surface area contributed by atoms with Gasteiger partial charge in [-0.15, -0.1) is 11.3 Å². The third-order valence-electron chi connectivity index (χ3n) is 2.94. The van der Waals surface area contributed by atoms with E-state index in [1.165, 1.54) is 11.3 Å². The third kappa shape index (κ3) is 3.74. The molecule has 2 aromatic rings. The molecule has 0 atom stereocenters. The summed E-state index contributed by atoms with van der Waals surface area (Å²) in [6.07, 6.45) is 2.01. The molecule has 2 rings (SSSR count). The van der Waals surface area contributed by atoms with Gasteiger partial charge in [0.25, 0.3) is 0 Å². The predicted molar refractivity (Wildman–Crippen MR) is 80.2 cm³/mol. The van der Waals surface area contributed by atoms with Gasteiger partial charge < -0.3 is 5.32 Å². The van der Waals surface area contributed by atoms with Crippen molar-refractivity contribution in [2.45, 2.75) is 26.7 Å². The van der Waals surface area contributed by atoms with Crippen molar-refractivity contribution < 1.29 is 9.59 Å². The van der Waals surface area contributed by atoms with E-state index in [1.54, 1.807) is 11.6 Å². The fourth-order valence-electron chi connectivity index (χ4n) is 1.96. The summed E-state index contributed by atoms with van der Waals surface area (Å²) in [6.45, 7) is 3.90.